The van der Waals surface area contributed by atoms with Crippen molar-refractivity contribution in [2.24, 2.45) is 0 Å². The zero-order valence-corrected chi connectivity index (χ0v) is 20.4. The fourth-order valence-corrected chi connectivity index (χ4v) is 4.28. The van der Waals surface area contributed by atoms with Crippen LogP contribution in [0.15, 0.2) is 61.1 Å². The van der Waals surface area contributed by atoms with Gasteiger partial charge in [0.05, 0.1) is 35.1 Å². The van der Waals surface area contributed by atoms with Gasteiger partial charge in [-0.2, -0.15) is 0 Å². The van der Waals surface area contributed by atoms with Crippen molar-refractivity contribution in [1.29, 1.82) is 0 Å². The van der Waals surface area contributed by atoms with Crippen LogP contribution in [0.3, 0.4) is 0 Å². The van der Waals surface area contributed by atoms with Crippen molar-refractivity contribution in [3.05, 3.63) is 71.8 Å². The Balaban J connectivity index is 1.37. The van der Waals surface area contributed by atoms with Crippen molar-refractivity contribution in [1.82, 2.24) is 20.3 Å². The average Bonchev–Trinajstić information content (AvgIpc) is 3.44. The molecule has 0 saturated carbocycles. The number of carbonyl (C=O) groups is 1. The standard InChI is InChI=1S/C26H25ClN6O3/c1-35-24-13-21-18(12-22(24)33-26(34)20-6-4-10-29-20)25(31-15-30-21)32-16-7-8-23(19(27)11-16)36-14-17-5-2-3-9-28-17/h2-3,5,7-9,11-13,15,20,29H,4,6,10,14H2,1H3,(H,33,34)(H,30,31,32)/t20-/m0/s1. The predicted molar refractivity (Wildman–Crippen MR) is 139 cm³/mol. The number of hydrogen-bond acceptors (Lipinski definition) is 8. The van der Waals surface area contributed by atoms with E-state index in [2.05, 4.69) is 30.9 Å². The Bertz CT molecular complexity index is 1380. The van der Waals surface area contributed by atoms with Gasteiger partial charge in [0.25, 0.3) is 0 Å². The highest BCUT2D eigenvalue weighted by Gasteiger charge is 2.23. The molecule has 9 nitrogen and oxygen atoms in total. The van der Waals surface area contributed by atoms with Gasteiger partial charge in [0.1, 0.15) is 30.3 Å². The first-order valence-corrected chi connectivity index (χ1v) is 11.9. The van der Waals surface area contributed by atoms with Crippen LogP contribution in [0.1, 0.15) is 18.5 Å². The Morgan fingerprint density at radius 3 is 2.81 bits per heavy atom. The van der Waals surface area contributed by atoms with Gasteiger partial charge in [0.15, 0.2) is 0 Å². The van der Waals surface area contributed by atoms with E-state index in [1.807, 2.05) is 30.3 Å². The number of hydrogen-bond donors (Lipinski definition) is 3. The zero-order chi connectivity index (χ0) is 24.9. The van der Waals surface area contributed by atoms with Gasteiger partial charge >= 0.3 is 0 Å². The molecule has 1 saturated heterocycles. The molecular formula is C26H25ClN6O3. The molecule has 0 unspecified atom stereocenters. The average molecular weight is 505 g/mol. The second-order valence-corrected chi connectivity index (χ2v) is 8.72. The van der Waals surface area contributed by atoms with Crippen LogP contribution < -0.4 is 25.4 Å². The fraction of sp³-hybridized carbons (Fsp3) is 0.231. The van der Waals surface area contributed by atoms with Crippen molar-refractivity contribution < 1.29 is 14.3 Å². The summed E-state index contributed by atoms with van der Waals surface area (Å²) in [6, 6.07) is 14.4. The molecule has 3 heterocycles. The largest absolute Gasteiger partial charge is 0.494 e. The Morgan fingerprint density at radius 1 is 1.14 bits per heavy atom. The van der Waals surface area contributed by atoms with Gasteiger partial charge in [-0.1, -0.05) is 17.7 Å². The summed E-state index contributed by atoms with van der Waals surface area (Å²) < 4.78 is 11.3. The minimum atomic E-state index is -0.212. The van der Waals surface area contributed by atoms with Crippen molar-refractivity contribution in [2.75, 3.05) is 24.3 Å². The van der Waals surface area contributed by atoms with E-state index in [9.17, 15) is 4.79 Å². The third-order valence-corrected chi connectivity index (χ3v) is 6.18. The normalized spacial score (nSPS) is 15.0. The molecule has 1 fully saturated rings. The lowest BCUT2D eigenvalue weighted by molar-refractivity contribution is -0.117. The van der Waals surface area contributed by atoms with E-state index < -0.39 is 0 Å². The molecule has 10 heteroatoms. The number of nitrogens with zero attached hydrogens (tertiary/aromatic N) is 3. The van der Waals surface area contributed by atoms with E-state index >= 15 is 0 Å². The second-order valence-electron chi connectivity index (χ2n) is 8.31. The van der Waals surface area contributed by atoms with E-state index in [1.165, 1.54) is 6.33 Å². The third kappa shape index (κ3) is 5.32. The molecule has 1 aliphatic heterocycles. The smallest absolute Gasteiger partial charge is 0.241 e. The Morgan fingerprint density at radius 2 is 2.06 bits per heavy atom. The van der Waals surface area contributed by atoms with Crippen LogP contribution in [0.5, 0.6) is 11.5 Å². The molecular weight excluding hydrogens is 480 g/mol. The summed E-state index contributed by atoms with van der Waals surface area (Å²) in [4.78, 5) is 25.7. The van der Waals surface area contributed by atoms with Crippen LogP contribution in [0.4, 0.5) is 17.2 Å². The molecule has 0 aliphatic carbocycles. The molecule has 0 bridgehead atoms. The molecule has 4 aromatic rings. The number of carbonyl (C=O) groups excluding carboxylic acids is 1. The number of methoxy groups -OCH3 is 1. The maximum Gasteiger partial charge on any atom is 0.241 e. The third-order valence-electron chi connectivity index (χ3n) is 5.89. The maximum atomic E-state index is 12.7. The lowest BCUT2D eigenvalue weighted by Gasteiger charge is -2.16. The minimum absolute atomic E-state index is 0.0930. The highest BCUT2D eigenvalue weighted by atomic mass is 35.5. The van der Waals surface area contributed by atoms with Gasteiger partial charge in [0, 0.05) is 23.3 Å². The molecule has 184 valence electrons. The van der Waals surface area contributed by atoms with Crippen LogP contribution in [0, 0.1) is 0 Å². The predicted octanol–water partition coefficient (Wildman–Crippen LogP) is 4.70. The monoisotopic (exact) mass is 504 g/mol. The number of pyridine rings is 1. The topological polar surface area (TPSA) is 110 Å². The quantitative estimate of drug-likeness (QED) is 0.317. The molecule has 0 spiro atoms. The molecule has 1 amide bonds. The number of nitrogens with one attached hydrogen (secondary N) is 3. The fourth-order valence-electron chi connectivity index (χ4n) is 4.05. The van der Waals surface area contributed by atoms with E-state index in [4.69, 9.17) is 21.1 Å². The number of anilines is 3. The summed E-state index contributed by atoms with van der Waals surface area (Å²) in [5.41, 5.74) is 2.76. The highest BCUT2D eigenvalue weighted by Crippen LogP contribution is 2.35. The van der Waals surface area contributed by atoms with Crippen LogP contribution in [-0.2, 0) is 11.4 Å². The summed E-state index contributed by atoms with van der Waals surface area (Å²) in [5.74, 6) is 1.55. The van der Waals surface area contributed by atoms with Crippen LogP contribution in [0.25, 0.3) is 10.9 Å². The maximum absolute atomic E-state index is 12.7. The lowest BCUT2D eigenvalue weighted by atomic mass is 10.1. The summed E-state index contributed by atoms with van der Waals surface area (Å²) >= 11 is 6.48. The first-order chi connectivity index (χ1) is 17.6. The number of halogens is 1. The molecule has 36 heavy (non-hydrogen) atoms. The zero-order valence-electron chi connectivity index (χ0n) is 19.6. The Kier molecular flexibility index (Phi) is 7.11. The lowest BCUT2D eigenvalue weighted by Crippen LogP contribution is -2.35. The number of amides is 1. The number of fused-ring (bicyclic) bond motifs is 1. The second kappa shape index (κ2) is 10.8. The van der Waals surface area contributed by atoms with Crippen molar-refractivity contribution in [2.45, 2.75) is 25.5 Å². The molecule has 1 atom stereocenters. The van der Waals surface area contributed by atoms with E-state index in [1.54, 1.807) is 31.5 Å². The van der Waals surface area contributed by atoms with E-state index in [0.29, 0.717) is 40.2 Å². The molecule has 2 aromatic carbocycles. The van der Waals surface area contributed by atoms with E-state index in [0.717, 1.165) is 36.2 Å². The molecule has 1 aliphatic rings. The van der Waals surface area contributed by atoms with Gasteiger partial charge in [-0.25, -0.2) is 9.97 Å². The summed E-state index contributed by atoms with van der Waals surface area (Å²) in [6.45, 7) is 1.15. The summed E-state index contributed by atoms with van der Waals surface area (Å²) in [7, 11) is 1.56. The summed E-state index contributed by atoms with van der Waals surface area (Å²) in [6.07, 6.45) is 4.97. The van der Waals surface area contributed by atoms with Gasteiger partial charge in [-0.3, -0.25) is 9.78 Å². The molecule has 5 rings (SSSR count). The van der Waals surface area contributed by atoms with Crippen molar-refractivity contribution in [3.8, 4) is 11.5 Å². The van der Waals surface area contributed by atoms with Gasteiger partial charge in [-0.15, -0.1) is 0 Å². The highest BCUT2D eigenvalue weighted by molar-refractivity contribution is 6.32. The first kappa shape index (κ1) is 23.8. The van der Waals surface area contributed by atoms with E-state index in [-0.39, 0.29) is 11.9 Å². The molecule has 2 aromatic heterocycles. The van der Waals surface area contributed by atoms with Gasteiger partial charge in [-0.05, 0) is 55.8 Å². The first-order valence-electron chi connectivity index (χ1n) is 11.6. The Hall–Kier alpha value is -3.95. The Labute approximate surface area is 213 Å². The van der Waals surface area contributed by atoms with Crippen LogP contribution in [0.2, 0.25) is 5.02 Å². The van der Waals surface area contributed by atoms with Crippen LogP contribution in [-0.4, -0.2) is 40.6 Å². The number of rotatable bonds is 8. The number of benzene rings is 2. The van der Waals surface area contributed by atoms with Gasteiger partial charge in [0.2, 0.25) is 5.91 Å². The van der Waals surface area contributed by atoms with Crippen LogP contribution >= 0.6 is 11.6 Å². The molecule has 0 radical (unpaired) electrons. The van der Waals surface area contributed by atoms with Crippen molar-refractivity contribution in [3.63, 3.8) is 0 Å². The number of ether oxygens (including phenoxy) is 2. The van der Waals surface area contributed by atoms with Crippen molar-refractivity contribution >= 4 is 45.6 Å². The SMILES string of the molecule is COc1cc2ncnc(Nc3ccc(OCc4ccccn4)c(Cl)c3)c2cc1NC(=O)[C@@H]1CCCN1. The number of aromatic nitrogens is 3. The minimum Gasteiger partial charge on any atom is -0.494 e. The summed E-state index contributed by atoms with van der Waals surface area (Å²) in [5, 5.41) is 10.7. The molecule has 3 N–H and O–H groups in total. The van der Waals surface area contributed by atoms with Gasteiger partial charge < -0.3 is 25.4 Å².